The maximum atomic E-state index is 13.3. The molecule has 1 amide bonds. The van der Waals surface area contributed by atoms with E-state index in [0.717, 1.165) is 25.7 Å². The summed E-state index contributed by atoms with van der Waals surface area (Å²) in [6.07, 6.45) is 6.90. The van der Waals surface area contributed by atoms with Crippen molar-refractivity contribution >= 4 is 21.6 Å². The number of hydrogen-bond acceptors (Lipinski definition) is 4. The van der Waals surface area contributed by atoms with Crippen LogP contribution < -0.4 is 14.4 Å². The Kier molecular flexibility index (Phi) is 6.27. The van der Waals surface area contributed by atoms with Gasteiger partial charge >= 0.3 is 0 Å². The largest absolute Gasteiger partial charge is 0.476 e. The first-order chi connectivity index (χ1) is 14.6. The topological polar surface area (TPSA) is 75.7 Å². The van der Waals surface area contributed by atoms with E-state index in [2.05, 4.69) is 5.32 Å². The molecule has 1 heterocycles. The van der Waals surface area contributed by atoms with Crippen molar-refractivity contribution in [1.82, 2.24) is 5.32 Å². The number of sulfonamides is 1. The van der Waals surface area contributed by atoms with Gasteiger partial charge in [0.05, 0.1) is 17.1 Å². The molecule has 1 saturated carbocycles. The van der Waals surface area contributed by atoms with Gasteiger partial charge in [-0.2, -0.15) is 0 Å². The van der Waals surface area contributed by atoms with Crippen LogP contribution in [0.1, 0.15) is 44.9 Å². The summed E-state index contributed by atoms with van der Waals surface area (Å²) < 4.78 is 33.9. The summed E-state index contributed by atoms with van der Waals surface area (Å²) in [6.45, 7) is -0.0488. The summed E-state index contributed by atoms with van der Waals surface area (Å²) in [7, 11) is -3.81. The second-order valence-corrected chi connectivity index (χ2v) is 9.84. The Morgan fingerprint density at radius 3 is 2.27 bits per heavy atom. The second-order valence-electron chi connectivity index (χ2n) is 7.97. The minimum atomic E-state index is -3.81. The molecule has 30 heavy (non-hydrogen) atoms. The summed E-state index contributed by atoms with van der Waals surface area (Å²) in [5.41, 5.74) is 0.455. The molecule has 0 saturated heterocycles. The molecule has 1 fully saturated rings. The zero-order chi connectivity index (χ0) is 21.0. The van der Waals surface area contributed by atoms with Gasteiger partial charge in [0.1, 0.15) is 5.75 Å². The molecule has 4 rings (SSSR count). The molecule has 7 heteroatoms. The van der Waals surface area contributed by atoms with Crippen LogP contribution >= 0.6 is 0 Å². The first kappa shape index (κ1) is 20.7. The number of fused-ring (bicyclic) bond motifs is 1. The van der Waals surface area contributed by atoms with Crippen LogP contribution in [0, 0.1) is 0 Å². The average Bonchev–Trinajstić information content (AvgIpc) is 2.75. The maximum Gasteiger partial charge on any atom is 0.264 e. The van der Waals surface area contributed by atoms with Gasteiger partial charge in [-0.15, -0.1) is 0 Å². The normalized spacial score (nSPS) is 20.4. The number of nitrogens with one attached hydrogen (secondary N) is 1. The van der Waals surface area contributed by atoms with Gasteiger partial charge in [0.25, 0.3) is 15.9 Å². The van der Waals surface area contributed by atoms with E-state index in [1.165, 1.54) is 23.6 Å². The fraction of sp³-hybridized carbons (Fsp3) is 0.435. The lowest BCUT2D eigenvalue weighted by Crippen LogP contribution is -2.52. The van der Waals surface area contributed by atoms with Gasteiger partial charge in [0.2, 0.25) is 0 Å². The molecule has 2 aliphatic rings. The molecule has 0 spiro atoms. The molecule has 0 aromatic heterocycles. The summed E-state index contributed by atoms with van der Waals surface area (Å²) in [5.74, 6) is 0.157. The van der Waals surface area contributed by atoms with E-state index in [1.54, 1.807) is 54.6 Å². The fourth-order valence-electron chi connectivity index (χ4n) is 4.18. The van der Waals surface area contributed by atoms with Crippen LogP contribution in [-0.2, 0) is 14.8 Å². The maximum absolute atomic E-state index is 13.3. The number of hydrogen-bond donors (Lipinski definition) is 1. The molecule has 160 valence electrons. The smallest absolute Gasteiger partial charge is 0.264 e. The first-order valence-electron chi connectivity index (χ1n) is 10.7. The Balaban J connectivity index is 1.57. The minimum absolute atomic E-state index is 0.0488. The van der Waals surface area contributed by atoms with Crippen molar-refractivity contribution in [2.24, 2.45) is 0 Å². The summed E-state index contributed by atoms with van der Waals surface area (Å²) in [4.78, 5) is 13.2. The number of carbonyl (C=O) groups excluding carboxylic acids is 1. The third-order valence-corrected chi connectivity index (χ3v) is 7.60. The molecular weight excluding hydrogens is 400 g/mol. The molecule has 2 aromatic carbocycles. The highest BCUT2D eigenvalue weighted by Crippen LogP contribution is 2.36. The molecule has 0 unspecified atom stereocenters. The van der Waals surface area contributed by atoms with Crippen LogP contribution in [-0.4, -0.2) is 33.0 Å². The van der Waals surface area contributed by atoms with E-state index < -0.39 is 16.1 Å². The Bertz CT molecular complexity index is 970. The van der Waals surface area contributed by atoms with Crippen LogP contribution in [0.15, 0.2) is 59.5 Å². The standard InChI is InChI=1S/C23H28N2O4S/c26-23(24-18-11-5-2-1-3-6-12-18)22-17-25(20-15-9-10-16-21(20)29-22)30(27,28)19-13-7-4-8-14-19/h4,7-10,13-16,18,22H,1-3,5-6,11-12,17H2,(H,24,26)/t22-/m0/s1. The third kappa shape index (κ3) is 4.46. The molecule has 6 nitrogen and oxygen atoms in total. The van der Waals surface area contributed by atoms with Gasteiger partial charge < -0.3 is 10.1 Å². The molecular formula is C23H28N2O4S. The van der Waals surface area contributed by atoms with Gasteiger partial charge in [-0.25, -0.2) is 8.42 Å². The van der Waals surface area contributed by atoms with Crippen molar-refractivity contribution < 1.29 is 17.9 Å². The van der Waals surface area contributed by atoms with E-state index >= 15 is 0 Å². The van der Waals surface area contributed by atoms with Gasteiger partial charge in [0.15, 0.2) is 6.10 Å². The van der Waals surface area contributed by atoms with Crippen molar-refractivity contribution in [3.8, 4) is 5.75 Å². The molecule has 1 atom stereocenters. The zero-order valence-electron chi connectivity index (χ0n) is 17.0. The van der Waals surface area contributed by atoms with Crippen molar-refractivity contribution in [1.29, 1.82) is 0 Å². The van der Waals surface area contributed by atoms with Crippen LogP contribution in [0.2, 0.25) is 0 Å². The first-order valence-corrected chi connectivity index (χ1v) is 12.1. The minimum Gasteiger partial charge on any atom is -0.476 e. The van der Waals surface area contributed by atoms with E-state index in [-0.39, 0.29) is 23.4 Å². The van der Waals surface area contributed by atoms with Crippen LogP contribution in [0.25, 0.3) is 0 Å². The van der Waals surface area contributed by atoms with E-state index in [4.69, 9.17) is 4.74 Å². The zero-order valence-corrected chi connectivity index (χ0v) is 17.8. The van der Waals surface area contributed by atoms with Gasteiger partial charge in [-0.3, -0.25) is 9.10 Å². The number of anilines is 1. The molecule has 0 radical (unpaired) electrons. The van der Waals surface area contributed by atoms with E-state index in [9.17, 15) is 13.2 Å². The highest BCUT2D eigenvalue weighted by atomic mass is 32.2. The van der Waals surface area contributed by atoms with Gasteiger partial charge in [-0.1, -0.05) is 62.4 Å². The Morgan fingerprint density at radius 2 is 1.53 bits per heavy atom. The van der Waals surface area contributed by atoms with Gasteiger partial charge in [0, 0.05) is 6.04 Å². The monoisotopic (exact) mass is 428 g/mol. The number of amides is 1. The number of nitrogens with zero attached hydrogens (tertiary/aromatic N) is 1. The second kappa shape index (κ2) is 9.08. The van der Waals surface area contributed by atoms with Crippen LogP contribution in [0.5, 0.6) is 5.75 Å². The molecule has 1 N–H and O–H groups in total. The number of para-hydroxylation sites is 2. The van der Waals surface area contributed by atoms with Crippen molar-refractivity contribution in [2.75, 3.05) is 10.8 Å². The summed E-state index contributed by atoms with van der Waals surface area (Å²) >= 11 is 0. The average molecular weight is 429 g/mol. The Labute approximate surface area is 178 Å². The third-order valence-electron chi connectivity index (χ3n) is 5.81. The van der Waals surface area contributed by atoms with Crippen LogP contribution in [0.4, 0.5) is 5.69 Å². The fourth-order valence-corrected chi connectivity index (χ4v) is 5.68. The van der Waals surface area contributed by atoms with Crippen LogP contribution in [0.3, 0.4) is 0 Å². The number of benzene rings is 2. The quantitative estimate of drug-likeness (QED) is 0.802. The van der Waals surface area contributed by atoms with Crippen molar-refractivity contribution in [3.63, 3.8) is 0 Å². The highest BCUT2D eigenvalue weighted by molar-refractivity contribution is 7.92. The predicted octanol–water partition coefficient (Wildman–Crippen LogP) is 3.87. The van der Waals surface area contributed by atoms with E-state index in [1.807, 2.05) is 0 Å². The SMILES string of the molecule is O=C(NC1CCCCCCC1)[C@@H]1CN(S(=O)(=O)c2ccccc2)c2ccccc2O1. The predicted molar refractivity (Wildman–Crippen MR) is 116 cm³/mol. The Hall–Kier alpha value is -2.54. The summed E-state index contributed by atoms with van der Waals surface area (Å²) in [5, 5.41) is 3.11. The summed E-state index contributed by atoms with van der Waals surface area (Å²) in [6, 6.07) is 15.4. The van der Waals surface area contributed by atoms with E-state index in [0.29, 0.717) is 11.4 Å². The number of carbonyl (C=O) groups is 1. The molecule has 1 aliphatic heterocycles. The number of ether oxygens (including phenoxy) is 1. The lowest BCUT2D eigenvalue weighted by atomic mass is 9.96. The lowest BCUT2D eigenvalue weighted by molar-refractivity contribution is -0.128. The van der Waals surface area contributed by atoms with Crippen molar-refractivity contribution in [3.05, 3.63) is 54.6 Å². The number of rotatable bonds is 4. The van der Waals surface area contributed by atoms with Gasteiger partial charge in [-0.05, 0) is 37.1 Å². The highest BCUT2D eigenvalue weighted by Gasteiger charge is 2.37. The van der Waals surface area contributed by atoms with Crippen molar-refractivity contribution in [2.45, 2.75) is 62.0 Å². The molecule has 0 bridgehead atoms. The molecule has 1 aliphatic carbocycles. The molecule has 2 aromatic rings. The Morgan fingerprint density at radius 1 is 0.900 bits per heavy atom. The lowest BCUT2D eigenvalue weighted by Gasteiger charge is -2.35.